The summed E-state index contributed by atoms with van der Waals surface area (Å²) in [4.78, 5) is 69.7. The van der Waals surface area contributed by atoms with Crippen LogP contribution >= 0.6 is 15.9 Å². The molecule has 4 N–H and O–H groups in total. The molecule has 0 fully saturated rings. The van der Waals surface area contributed by atoms with Crippen LogP contribution in [0.1, 0.15) is 140 Å². The van der Waals surface area contributed by atoms with Gasteiger partial charge in [-0.05, 0) is 122 Å². The van der Waals surface area contributed by atoms with Crippen molar-refractivity contribution in [2.24, 2.45) is 23.7 Å². The molecule has 11 heteroatoms. The summed E-state index contributed by atoms with van der Waals surface area (Å²) in [5, 5.41) is 11.9. The second-order valence-electron chi connectivity index (χ2n) is 17.5. The lowest BCUT2D eigenvalue weighted by Crippen LogP contribution is -2.70. The van der Waals surface area contributed by atoms with Gasteiger partial charge in [0.15, 0.2) is 0 Å². The van der Waals surface area contributed by atoms with E-state index >= 15 is 0 Å². The Labute approximate surface area is 309 Å². The third-order valence-electron chi connectivity index (χ3n) is 8.28. The summed E-state index contributed by atoms with van der Waals surface area (Å²) in [7, 11) is 0. The minimum atomic E-state index is -1.46. The van der Waals surface area contributed by atoms with Crippen molar-refractivity contribution in [1.82, 2.24) is 21.3 Å². The first-order valence-electron chi connectivity index (χ1n) is 17.9. The number of benzene rings is 1. The maximum Gasteiger partial charge on any atom is 0.332 e. The Bertz CT molecular complexity index is 1360. The van der Waals surface area contributed by atoms with Crippen LogP contribution in [0, 0.1) is 23.7 Å². The summed E-state index contributed by atoms with van der Waals surface area (Å²) in [6.45, 7) is 27.5. The summed E-state index contributed by atoms with van der Waals surface area (Å²) in [5.41, 5.74) is -6.01. The molecule has 0 saturated heterocycles. The molecule has 0 aliphatic carbocycles. The molecule has 0 aromatic heterocycles. The topological polar surface area (TPSA) is 143 Å². The number of nitrogens with one attached hydrogen (secondary N) is 4. The molecule has 0 bridgehead atoms. The standard InChI is InChI=1S/C39H65BrN4O6/c1-24(2)20-36(12,41-30(45)28-16-18-29(40)19-17-28)31(46)42-37(13,21-25(3)4)32(47)43-38(14,22-26(5)6)33(48)44-39(15,23-27(7)8)34(49)50-35(9,10)11/h16-19,24-27H,20-23H2,1-15H3,(H,41,45)(H,42,46)(H,43,47)(H,44,48)/t36-,37-,38-,39-/m0/s1. The minimum Gasteiger partial charge on any atom is -0.458 e. The fraction of sp³-hybridized carbons (Fsp3) is 0.718. The molecule has 1 aromatic rings. The van der Waals surface area contributed by atoms with E-state index in [-0.39, 0.29) is 36.5 Å². The highest BCUT2D eigenvalue weighted by atomic mass is 79.9. The molecule has 284 valence electrons. The van der Waals surface area contributed by atoms with Crippen molar-refractivity contribution in [3.05, 3.63) is 34.3 Å². The predicted octanol–water partition coefficient (Wildman–Crippen LogP) is 7.09. The van der Waals surface area contributed by atoms with Crippen LogP contribution in [0.5, 0.6) is 0 Å². The second-order valence-corrected chi connectivity index (χ2v) is 18.5. The first-order chi connectivity index (χ1) is 22.6. The maximum absolute atomic E-state index is 14.4. The highest BCUT2D eigenvalue weighted by Gasteiger charge is 2.48. The van der Waals surface area contributed by atoms with E-state index in [1.807, 2.05) is 55.4 Å². The molecule has 0 radical (unpaired) electrons. The summed E-state index contributed by atoms with van der Waals surface area (Å²) in [6.07, 6.45) is 1.15. The van der Waals surface area contributed by atoms with Gasteiger partial charge in [-0.25, -0.2) is 4.79 Å². The molecule has 10 nitrogen and oxygen atoms in total. The van der Waals surface area contributed by atoms with Crippen molar-refractivity contribution >= 4 is 45.5 Å². The van der Waals surface area contributed by atoms with Crippen LogP contribution in [0.25, 0.3) is 0 Å². The number of hydrogen-bond acceptors (Lipinski definition) is 6. The average Bonchev–Trinajstić information content (AvgIpc) is 2.90. The zero-order valence-corrected chi connectivity index (χ0v) is 34.9. The van der Waals surface area contributed by atoms with E-state index in [2.05, 4.69) is 37.2 Å². The Morgan fingerprint density at radius 1 is 0.540 bits per heavy atom. The fourth-order valence-corrected chi connectivity index (χ4v) is 6.80. The zero-order valence-electron chi connectivity index (χ0n) is 33.3. The molecule has 50 heavy (non-hydrogen) atoms. The van der Waals surface area contributed by atoms with E-state index in [1.165, 1.54) is 0 Å². The second kappa shape index (κ2) is 17.5. The van der Waals surface area contributed by atoms with Crippen molar-refractivity contribution in [2.75, 3.05) is 0 Å². The first-order valence-corrected chi connectivity index (χ1v) is 18.6. The Morgan fingerprint density at radius 3 is 1.16 bits per heavy atom. The molecule has 1 rings (SSSR count). The van der Waals surface area contributed by atoms with Gasteiger partial charge >= 0.3 is 5.97 Å². The molecule has 0 spiro atoms. The van der Waals surface area contributed by atoms with Crippen LogP contribution in [0.2, 0.25) is 0 Å². The average molecular weight is 766 g/mol. The van der Waals surface area contributed by atoms with Gasteiger partial charge in [0.1, 0.15) is 27.8 Å². The zero-order chi connectivity index (χ0) is 39.0. The van der Waals surface area contributed by atoms with E-state index in [9.17, 15) is 24.0 Å². The third kappa shape index (κ3) is 13.6. The molecule has 0 aliphatic heterocycles. The lowest BCUT2D eigenvalue weighted by molar-refractivity contribution is -0.165. The molecule has 4 atom stereocenters. The van der Waals surface area contributed by atoms with Crippen LogP contribution in [-0.4, -0.2) is 57.4 Å². The van der Waals surface area contributed by atoms with Gasteiger partial charge in [-0.2, -0.15) is 0 Å². The Balaban J connectivity index is 3.55. The van der Waals surface area contributed by atoms with Gasteiger partial charge in [0.2, 0.25) is 17.7 Å². The van der Waals surface area contributed by atoms with E-state index in [0.29, 0.717) is 18.4 Å². The number of halogens is 1. The van der Waals surface area contributed by atoms with Gasteiger partial charge in [0, 0.05) is 10.0 Å². The lowest BCUT2D eigenvalue weighted by Gasteiger charge is -2.41. The van der Waals surface area contributed by atoms with E-state index in [4.69, 9.17) is 4.74 Å². The number of rotatable bonds is 17. The van der Waals surface area contributed by atoms with Crippen molar-refractivity contribution < 1.29 is 28.7 Å². The quantitative estimate of drug-likeness (QED) is 0.125. The van der Waals surface area contributed by atoms with Crippen molar-refractivity contribution in [3.8, 4) is 0 Å². The smallest absolute Gasteiger partial charge is 0.332 e. The van der Waals surface area contributed by atoms with Crippen LogP contribution in [-0.2, 0) is 23.9 Å². The van der Waals surface area contributed by atoms with Crippen LogP contribution in [0.3, 0.4) is 0 Å². The third-order valence-corrected chi connectivity index (χ3v) is 8.81. The molecule has 4 amide bonds. The van der Waals surface area contributed by atoms with Gasteiger partial charge in [-0.15, -0.1) is 0 Å². The maximum atomic E-state index is 14.4. The van der Waals surface area contributed by atoms with E-state index in [1.54, 1.807) is 72.7 Å². The van der Waals surface area contributed by atoms with Crippen molar-refractivity contribution in [2.45, 2.75) is 157 Å². The highest BCUT2D eigenvalue weighted by Crippen LogP contribution is 2.28. The number of carbonyl (C=O) groups excluding carboxylic acids is 5. The number of amides is 4. The molecular weight excluding hydrogens is 700 g/mol. The van der Waals surface area contributed by atoms with Crippen molar-refractivity contribution in [1.29, 1.82) is 0 Å². The monoisotopic (exact) mass is 764 g/mol. The highest BCUT2D eigenvalue weighted by molar-refractivity contribution is 9.10. The molecule has 0 heterocycles. The first kappa shape index (κ1) is 45.1. The van der Waals surface area contributed by atoms with E-state index in [0.717, 1.165) is 4.47 Å². The predicted molar refractivity (Wildman–Crippen MR) is 203 cm³/mol. The van der Waals surface area contributed by atoms with Crippen LogP contribution in [0.4, 0.5) is 0 Å². The largest absolute Gasteiger partial charge is 0.458 e. The number of esters is 1. The van der Waals surface area contributed by atoms with Crippen LogP contribution < -0.4 is 21.3 Å². The fourth-order valence-electron chi connectivity index (χ4n) is 6.53. The minimum absolute atomic E-state index is 0.0157. The number of hydrogen-bond donors (Lipinski definition) is 4. The summed E-state index contributed by atoms with van der Waals surface area (Å²) >= 11 is 3.38. The molecule has 1 aromatic carbocycles. The molecule has 0 unspecified atom stereocenters. The normalized spacial score (nSPS) is 16.9. The SMILES string of the molecule is CC(C)C[C@](C)(NC(=O)c1ccc(Br)cc1)C(=O)N[C@@](C)(CC(C)C)C(=O)N[C@@](C)(CC(C)C)C(=O)N[C@@](C)(CC(C)C)C(=O)OC(C)(C)C. The molecular formula is C39H65BrN4O6. The van der Waals surface area contributed by atoms with E-state index < -0.39 is 57.4 Å². The van der Waals surface area contributed by atoms with Gasteiger partial charge in [-0.1, -0.05) is 71.3 Å². The summed E-state index contributed by atoms with van der Waals surface area (Å²) in [6, 6.07) is 6.84. The van der Waals surface area contributed by atoms with Gasteiger partial charge in [-0.3, -0.25) is 19.2 Å². The number of ether oxygens (including phenoxy) is 1. The summed E-state index contributed by atoms with van der Waals surface area (Å²) < 4.78 is 6.54. The van der Waals surface area contributed by atoms with Crippen molar-refractivity contribution in [3.63, 3.8) is 0 Å². The Hall–Kier alpha value is -2.95. The van der Waals surface area contributed by atoms with Gasteiger partial charge in [0.25, 0.3) is 5.91 Å². The lowest BCUT2D eigenvalue weighted by atomic mass is 9.83. The van der Waals surface area contributed by atoms with Gasteiger partial charge < -0.3 is 26.0 Å². The molecule has 0 aliphatic rings. The Kier molecular flexibility index (Phi) is 15.8. The molecule has 0 saturated carbocycles. The summed E-state index contributed by atoms with van der Waals surface area (Å²) in [5.74, 6) is -2.52. The Morgan fingerprint density at radius 2 is 0.840 bits per heavy atom. The number of carbonyl (C=O) groups is 5. The van der Waals surface area contributed by atoms with Crippen LogP contribution in [0.15, 0.2) is 28.7 Å². The van der Waals surface area contributed by atoms with Gasteiger partial charge in [0.05, 0.1) is 0 Å².